The average Bonchev–Trinajstić information content (AvgIpc) is 2.37. The van der Waals surface area contributed by atoms with E-state index in [0.29, 0.717) is 10.6 Å². The van der Waals surface area contributed by atoms with Gasteiger partial charge in [0.25, 0.3) is 0 Å². The van der Waals surface area contributed by atoms with Gasteiger partial charge in [0.05, 0.1) is 5.60 Å². The fraction of sp³-hybridized carbons (Fsp3) is 0.600. The zero-order chi connectivity index (χ0) is 14.5. The Kier molecular flexibility index (Phi) is 6.24. The molecule has 0 amide bonds. The van der Waals surface area contributed by atoms with Crippen LogP contribution in [0, 0.1) is 5.82 Å². The predicted octanol–water partition coefficient (Wildman–Crippen LogP) is 4.33. The fourth-order valence-corrected chi connectivity index (χ4v) is 2.17. The number of halogens is 2. The number of methoxy groups -OCH3 is 1. The van der Waals surface area contributed by atoms with Gasteiger partial charge >= 0.3 is 0 Å². The molecule has 0 aliphatic heterocycles. The Labute approximate surface area is 120 Å². The van der Waals surface area contributed by atoms with E-state index in [0.717, 1.165) is 19.4 Å². The Balaban J connectivity index is 2.85. The summed E-state index contributed by atoms with van der Waals surface area (Å²) in [5.41, 5.74) is 0.421. The van der Waals surface area contributed by atoms with Gasteiger partial charge in [0.2, 0.25) is 0 Å². The van der Waals surface area contributed by atoms with Crippen LogP contribution in [0.1, 0.15) is 45.2 Å². The molecule has 108 valence electrons. The van der Waals surface area contributed by atoms with Gasteiger partial charge in [0.15, 0.2) is 0 Å². The van der Waals surface area contributed by atoms with Crippen molar-refractivity contribution in [3.8, 4) is 0 Å². The second kappa shape index (κ2) is 7.22. The Hall–Kier alpha value is -0.640. The third kappa shape index (κ3) is 5.09. The van der Waals surface area contributed by atoms with Crippen molar-refractivity contribution in [3.63, 3.8) is 0 Å². The van der Waals surface area contributed by atoms with Crippen molar-refractivity contribution in [2.24, 2.45) is 0 Å². The van der Waals surface area contributed by atoms with E-state index >= 15 is 0 Å². The largest absolute Gasteiger partial charge is 0.379 e. The number of hydrogen-bond acceptors (Lipinski definition) is 2. The molecule has 2 nitrogen and oxygen atoms in total. The topological polar surface area (TPSA) is 21.3 Å². The van der Waals surface area contributed by atoms with Crippen molar-refractivity contribution >= 4 is 11.6 Å². The Morgan fingerprint density at radius 2 is 2.11 bits per heavy atom. The highest BCUT2D eigenvalue weighted by atomic mass is 35.5. The lowest BCUT2D eigenvalue weighted by atomic mass is 9.94. The molecule has 0 heterocycles. The molecule has 1 rings (SSSR count). The van der Waals surface area contributed by atoms with Crippen LogP contribution >= 0.6 is 11.6 Å². The Morgan fingerprint density at radius 3 is 2.68 bits per heavy atom. The quantitative estimate of drug-likeness (QED) is 0.806. The molecule has 0 fully saturated rings. The van der Waals surface area contributed by atoms with Gasteiger partial charge in [-0.3, -0.25) is 0 Å². The molecule has 1 aromatic carbocycles. The van der Waals surface area contributed by atoms with E-state index in [1.807, 2.05) is 20.8 Å². The van der Waals surface area contributed by atoms with Gasteiger partial charge < -0.3 is 10.1 Å². The third-order valence-electron chi connectivity index (χ3n) is 3.37. The van der Waals surface area contributed by atoms with Gasteiger partial charge in [-0.2, -0.15) is 0 Å². The second-order valence-electron chi connectivity index (χ2n) is 5.28. The molecule has 0 spiro atoms. The minimum atomic E-state index is -0.217. The minimum Gasteiger partial charge on any atom is -0.379 e. The molecule has 0 aliphatic rings. The van der Waals surface area contributed by atoms with Crippen LogP contribution in [0.2, 0.25) is 5.02 Å². The van der Waals surface area contributed by atoms with Crippen LogP contribution in [0.5, 0.6) is 0 Å². The number of rotatable bonds is 7. The van der Waals surface area contributed by atoms with Crippen molar-refractivity contribution in [2.75, 3.05) is 13.7 Å². The molecule has 4 heteroatoms. The van der Waals surface area contributed by atoms with Crippen molar-refractivity contribution in [3.05, 3.63) is 34.6 Å². The highest BCUT2D eigenvalue weighted by molar-refractivity contribution is 6.30. The Bertz CT molecular complexity index is 409. The number of hydrogen-bond donors (Lipinski definition) is 1. The fourth-order valence-electron chi connectivity index (χ4n) is 1.99. The summed E-state index contributed by atoms with van der Waals surface area (Å²) in [5, 5.41) is 3.87. The SMILES string of the molecule is CCNC(CCC(C)(C)OC)c1cc(Cl)ccc1F. The summed E-state index contributed by atoms with van der Waals surface area (Å²) in [6.07, 6.45) is 1.64. The summed E-state index contributed by atoms with van der Waals surface area (Å²) in [6, 6.07) is 4.65. The lowest BCUT2D eigenvalue weighted by Gasteiger charge is -2.26. The van der Waals surface area contributed by atoms with E-state index in [1.54, 1.807) is 19.2 Å². The molecule has 1 aromatic rings. The second-order valence-corrected chi connectivity index (χ2v) is 5.72. The predicted molar refractivity (Wildman–Crippen MR) is 78.1 cm³/mol. The molecule has 0 radical (unpaired) electrons. The van der Waals surface area contributed by atoms with Crippen LogP contribution in [0.3, 0.4) is 0 Å². The first-order chi connectivity index (χ1) is 8.89. The summed E-state index contributed by atoms with van der Waals surface area (Å²) in [4.78, 5) is 0. The van der Waals surface area contributed by atoms with Gasteiger partial charge in [-0.15, -0.1) is 0 Å². The number of nitrogens with one attached hydrogen (secondary N) is 1. The Morgan fingerprint density at radius 1 is 1.42 bits per heavy atom. The maximum atomic E-state index is 13.9. The van der Waals surface area contributed by atoms with Crippen molar-refractivity contribution in [1.82, 2.24) is 5.32 Å². The summed E-state index contributed by atoms with van der Waals surface area (Å²) in [7, 11) is 1.70. The number of ether oxygens (including phenoxy) is 1. The van der Waals surface area contributed by atoms with E-state index in [4.69, 9.17) is 16.3 Å². The van der Waals surface area contributed by atoms with Crippen LogP contribution in [-0.4, -0.2) is 19.3 Å². The van der Waals surface area contributed by atoms with E-state index in [2.05, 4.69) is 5.32 Å². The first-order valence-electron chi connectivity index (χ1n) is 6.63. The molecule has 19 heavy (non-hydrogen) atoms. The molecular formula is C15H23ClFNO. The normalized spacial score (nSPS) is 13.6. The third-order valence-corrected chi connectivity index (χ3v) is 3.61. The molecule has 1 atom stereocenters. The van der Waals surface area contributed by atoms with Crippen LogP contribution in [0.15, 0.2) is 18.2 Å². The van der Waals surface area contributed by atoms with Crippen LogP contribution in [0.25, 0.3) is 0 Å². The van der Waals surface area contributed by atoms with Gasteiger partial charge in [0.1, 0.15) is 5.82 Å². The molecule has 0 aliphatic carbocycles. The first-order valence-corrected chi connectivity index (χ1v) is 7.01. The van der Waals surface area contributed by atoms with Crippen LogP contribution in [0.4, 0.5) is 4.39 Å². The minimum absolute atomic E-state index is 0.0434. The highest BCUT2D eigenvalue weighted by Gasteiger charge is 2.21. The summed E-state index contributed by atoms with van der Waals surface area (Å²) in [6.45, 7) is 6.86. The van der Waals surface area contributed by atoms with Gasteiger partial charge in [-0.05, 0) is 51.4 Å². The standard InChI is InChI=1S/C15H23ClFNO/c1-5-18-14(8-9-15(2,3)19-4)12-10-11(16)6-7-13(12)17/h6-7,10,14,18H,5,8-9H2,1-4H3. The lowest BCUT2D eigenvalue weighted by molar-refractivity contribution is 0.0116. The molecule has 0 saturated carbocycles. The van der Waals surface area contributed by atoms with E-state index in [1.165, 1.54) is 6.07 Å². The van der Waals surface area contributed by atoms with Crippen molar-refractivity contribution in [2.45, 2.75) is 45.3 Å². The zero-order valence-corrected chi connectivity index (χ0v) is 12.9. The first kappa shape index (κ1) is 16.4. The van der Waals surface area contributed by atoms with Gasteiger partial charge in [-0.25, -0.2) is 4.39 Å². The van der Waals surface area contributed by atoms with E-state index < -0.39 is 0 Å². The molecule has 0 bridgehead atoms. The lowest BCUT2D eigenvalue weighted by Crippen LogP contribution is -2.27. The van der Waals surface area contributed by atoms with Crippen LogP contribution in [-0.2, 0) is 4.74 Å². The number of benzene rings is 1. The highest BCUT2D eigenvalue weighted by Crippen LogP contribution is 2.28. The smallest absolute Gasteiger partial charge is 0.128 e. The molecular weight excluding hydrogens is 265 g/mol. The van der Waals surface area contributed by atoms with Gasteiger partial charge in [0, 0.05) is 23.7 Å². The maximum Gasteiger partial charge on any atom is 0.128 e. The van der Waals surface area contributed by atoms with Crippen LogP contribution < -0.4 is 5.32 Å². The van der Waals surface area contributed by atoms with Crippen molar-refractivity contribution < 1.29 is 9.13 Å². The molecule has 0 saturated heterocycles. The van der Waals surface area contributed by atoms with Gasteiger partial charge in [-0.1, -0.05) is 18.5 Å². The molecule has 0 aromatic heterocycles. The summed E-state index contributed by atoms with van der Waals surface area (Å²) >= 11 is 5.96. The maximum absolute atomic E-state index is 13.9. The molecule has 1 N–H and O–H groups in total. The average molecular weight is 288 g/mol. The van der Waals surface area contributed by atoms with Crippen molar-refractivity contribution in [1.29, 1.82) is 0 Å². The summed E-state index contributed by atoms with van der Waals surface area (Å²) in [5.74, 6) is -0.217. The zero-order valence-electron chi connectivity index (χ0n) is 12.1. The monoisotopic (exact) mass is 287 g/mol. The summed E-state index contributed by atoms with van der Waals surface area (Å²) < 4.78 is 19.3. The van der Waals surface area contributed by atoms with E-state index in [-0.39, 0.29) is 17.5 Å². The van der Waals surface area contributed by atoms with E-state index in [9.17, 15) is 4.39 Å². The molecule has 1 unspecified atom stereocenters.